The molecule has 4 bridgehead atoms. The molecule has 0 heterocycles. The topological polar surface area (TPSA) is 0 Å². The van der Waals surface area contributed by atoms with Crippen molar-refractivity contribution in [2.45, 2.75) is 155 Å². The molecule has 0 unspecified atom stereocenters. The monoisotopic (exact) mass is 1010 g/mol. The minimum absolute atomic E-state index is 0. The van der Waals surface area contributed by atoms with Gasteiger partial charge < -0.3 is 24.8 Å². The van der Waals surface area contributed by atoms with Crippen molar-refractivity contribution in [3.63, 3.8) is 0 Å². The molecule has 0 radical (unpaired) electrons. The Morgan fingerprint density at radius 2 is 0.954 bits per heavy atom. The Kier molecular flexibility index (Phi) is 16.5. The number of hydrogen-bond acceptors (Lipinski definition) is 0. The molecule has 0 saturated heterocycles. The van der Waals surface area contributed by atoms with E-state index in [0.29, 0.717) is 16.9 Å². The van der Waals surface area contributed by atoms with E-state index < -0.39 is 18.0 Å². The summed E-state index contributed by atoms with van der Waals surface area (Å²) >= 11 is 1.29. The molecule has 0 aliphatic heterocycles. The van der Waals surface area contributed by atoms with Gasteiger partial charge in [0, 0.05) is 0 Å². The van der Waals surface area contributed by atoms with Crippen LogP contribution in [0.1, 0.15) is 134 Å². The Morgan fingerprint density at radius 3 is 1.23 bits per heavy atom. The van der Waals surface area contributed by atoms with Crippen LogP contribution < -0.4 is 24.8 Å². The largest absolute Gasteiger partial charge is 1.00 e. The molecule has 4 aliphatic carbocycles. The summed E-state index contributed by atoms with van der Waals surface area (Å²) in [6.45, 7) is 15.6. The fourth-order valence-electron chi connectivity index (χ4n) is 11.9. The average Bonchev–Trinajstić information content (AvgIpc) is 4.11. The van der Waals surface area contributed by atoms with Gasteiger partial charge in [-0.2, -0.15) is 12.1 Å². The van der Waals surface area contributed by atoms with Crippen LogP contribution >= 0.6 is 0 Å². The van der Waals surface area contributed by atoms with Crippen LogP contribution in [0.25, 0.3) is 43.8 Å². The van der Waals surface area contributed by atoms with E-state index >= 15 is 0 Å². The molecular weight excluding hydrogens is 944 g/mol. The Morgan fingerprint density at radius 1 is 0.585 bits per heavy atom. The molecule has 65 heavy (non-hydrogen) atoms. The molecule has 6 aromatic carbocycles. The van der Waals surface area contributed by atoms with Gasteiger partial charge in [0.2, 0.25) is 0 Å². The first-order valence-corrected chi connectivity index (χ1v) is 29.8. The van der Waals surface area contributed by atoms with Gasteiger partial charge in [0.1, 0.15) is 0 Å². The average molecular weight is 1010 g/mol. The van der Waals surface area contributed by atoms with Crippen molar-refractivity contribution in [1.29, 1.82) is 0 Å². The number of fused-ring (bicyclic) bond motifs is 6. The molecule has 10 rings (SSSR count). The second-order valence-electron chi connectivity index (χ2n) is 22.5. The molecular formula is C58H69Cl2F3SiZr-2. The fourth-order valence-corrected chi connectivity index (χ4v) is 13.5. The van der Waals surface area contributed by atoms with Crippen molar-refractivity contribution >= 4 is 27.0 Å². The molecule has 0 aromatic heterocycles. The predicted octanol–water partition coefficient (Wildman–Crippen LogP) is 11.4. The molecule has 0 atom stereocenters. The predicted molar refractivity (Wildman–Crippen MR) is 260 cm³/mol. The minimum atomic E-state index is -3.93. The Balaban J connectivity index is 0.000000177. The van der Waals surface area contributed by atoms with Crippen molar-refractivity contribution < 1.29 is 61.3 Å². The van der Waals surface area contributed by atoms with Gasteiger partial charge in [-0.25, -0.2) is 0 Å². The third kappa shape index (κ3) is 12.6. The number of alkyl halides is 3. The van der Waals surface area contributed by atoms with E-state index in [-0.39, 0.29) is 35.6 Å². The van der Waals surface area contributed by atoms with Gasteiger partial charge in [-0.1, -0.05) is 113 Å². The van der Waals surface area contributed by atoms with E-state index in [2.05, 4.69) is 151 Å². The molecule has 4 fully saturated rings. The molecule has 4 saturated carbocycles. The molecule has 7 heteroatoms. The second-order valence-corrected chi connectivity index (χ2v) is 30.9. The molecule has 4 aliphatic rings. The quantitative estimate of drug-likeness (QED) is 0.105. The number of benzene rings is 4. The van der Waals surface area contributed by atoms with E-state index in [1.165, 1.54) is 155 Å². The van der Waals surface area contributed by atoms with Gasteiger partial charge in [-0.05, 0) is 133 Å². The van der Waals surface area contributed by atoms with Crippen molar-refractivity contribution in [1.82, 2.24) is 0 Å². The third-order valence-corrected chi connectivity index (χ3v) is 18.3. The van der Waals surface area contributed by atoms with Crippen LogP contribution in [0.2, 0.25) is 12.6 Å². The Bertz CT molecular complexity index is 2350. The third-order valence-electron chi connectivity index (χ3n) is 15.5. The van der Waals surface area contributed by atoms with Crippen LogP contribution in [0.4, 0.5) is 13.2 Å². The van der Waals surface area contributed by atoms with E-state index in [4.69, 9.17) is 0 Å². The number of hydrogen-bond donors (Lipinski definition) is 0. The van der Waals surface area contributed by atoms with E-state index in [0.717, 1.165) is 11.8 Å². The van der Waals surface area contributed by atoms with Gasteiger partial charge in [0.05, 0.1) is 0 Å². The summed E-state index contributed by atoms with van der Waals surface area (Å²) in [6.07, 6.45) is 12.8. The van der Waals surface area contributed by atoms with Gasteiger partial charge in [0.25, 0.3) is 0 Å². The van der Waals surface area contributed by atoms with Crippen LogP contribution in [0.15, 0.2) is 109 Å². The number of rotatable bonds is 8. The standard InChI is InChI=1S/2C27H31.C4H7F3Si.2ClH.Zr/c2*1-26(2,3)23-9-7-21(8-10-23)24-6-4-5-22-15-20(16-25(22)24)18-27-13-11-19(17-27)12-14-27;1-8-3-2-4(5,6)7;;;/h2*4-10,15-16,19H,11-14,17-18H2,1-3H3;2-3H2,1H3;2*1H;/q2*-1;;;;+2/p-2. The van der Waals surface area contributed by atoms with Gasteiger partial charge in [-0.15, -0.1) is 69.1 Å². The zero-order valence-electron chi connectivity index (χ0n) is 39.8. The van der Waals surface area contributed by atoms with E-state index in [1.54, 1.807) is 11.1 Å². The Hall–Kier alpha value is -2.43. The maximum Gasteiger partial charge on any atom is -1.00 e. The van der Waals surface area contributed by atoms with Gasteiger partial charge in [-0.3, -0.25) is 0 Å². The van der Waals surface area contributed by atoms with Crippen LogP contribution in [-0.2, 0) is 47.0 Å². The molecule has 0 amide bonds. The first kappa shape index (κ1) is 52.0. The first-order valence-electron chi connectivity index (χ1n) is 23.9. The van der Waals surface area contributed by atoms with Crippen molar-refractivity contribution in [3.8, 4) is 22.3 Å². The van der Waals surface area contributed by atoms with E-state index in [1.807, 2.05) is 6.55 Å². The summed E-state index contributed by atoms with van der Waals surface area (Å²) in [6, 6.07) is 42.3. The maximum absolute atomic E-state index is 11.4. The normalized spacial score (nSPS) is 22.2. The smallest absolute Gasteiger partial charge is 1.00 e. The fraction of sp³-hybridized carbons (Fsp3) is 0.483. The zero-order valence-corrected chi connectivity index (χ0v) is 44.8. The molecule has 6 aromatic rings. The first-order chi connectivity index (χ1) is 29.8. The minimum Gasteiger partial charge on any atom is -1.00 e. The zero-order chi connectivity index (χ0) is 44.8. The summed E-state index contributed by atoms with van der Waals surface area (Å²) in [7, 11) is 0. The molecule has 0 nitrogen and oxygen atoms in total. The number of halogens is 5. The summed E-state index contributed by atoms with van der Waals surface area (Å²) < 4.78 is 34.3. The van der Waals surface area contributed by atoms with Gasteiger partial charge in [0.15, 0.2) is 0 Å². The SMILES string of the molecule is CC(C)(C)c1ccc(-c2cccc3[cH-]c(CC45CCC(CC4)C5)cc23)cc1.CC(C)(C)c1ccc(-c2cccc3[cH-]c(CC45CCC(CC4)C5)cc23)cc1.C[Si](=[Zr+2])CCC(F)(F)F.[Cl-].[Cl-]. The maximum atomic E-state index is 11.4. The van der Waals surface area contributed by atoms with Crippen molar-refractivity contribution in [2.75, 3.05) is 0 Å². The van der Waals surface area contributed by atoms with Crippen LogP contribution in [0, 0.1) is 22.7 Å². The van der Waals surface area contributed by atoms with Gasteiger partial charge >= 0.3 is 67.1 Å². The van der Waals surface area contributed by atoms with Crippen molar-refractivity contribution in [2.24, 2.45) is 22.7 Å². The summed E-state index contributed by atoms with van der Waals surface area (Å²) in [5.41, 5.74) is 12.4. The molecule has 0 N–H and O–H groups in total. The van der Waals surface area contributed by atoms with E-state index in [9.17, 15) is 13.2 Å². The summed E-state index contributed by atoms with van der Waals surface area (Å²) in [5, 5.41) is 5.68. The molecule has 0 spiro atoms. The Labute approximate surface area is 416 Å². The van der Waals surface area contributed by atoms with Crippen LogP contribution in [-0.4, -0.2) is 11.6 Å². The summed E-state index contributed by atoms with van der Waals surface area (Å²) in [4.78, 5) is 0. The summed E-state index contributed by atoms with van der Waals surface area (Å²) in [5.74, 6) is 2.07. The van der Waals surface area contributed by atoms with Crippen molar-refractivity contribution in [3.05, 3.63) is 131 Å². The van der Waals surface area contributed by atoms with Crippen LogP contribution in [0.5, 0.6) is 0 Å². The van der Waals surface area contributed by atoms with Crippen LogP contribution in [0.3, 0.4) is 0 Å². The second kappa shape index (κ2) is 20.7. The molecule has 346 valence electrons.